The van der Waals surface area contributed by atoms with Crippen LogP contribution in [0.25, 0.3) is 5.69 Å². The van der Waals surface area contributed by atoms with E-state index in [9.17, 15) is 14.0 Å². The zero-order valence-corrected chi connectivity index (χ0v) is 13.0. The lowest BCUT2D eigenvalue weighted by molar-refractivity contribution is 0.0524. The van der Waals surface area contributed by atoms with Gasteiger partial charge in [-0.25, -0.2) is 9.18 Å². The molecule has 0 aliphatic rings. The summed E-state index contributed by atoms with van der Waals surface area (Å²) in [6, 6.07) is 7.00. The fourth-order valence-corrected chi connectivity index (χ4v) is 2.43. The molecular weight excluding hydrogens is 309 g/mol. The fourth-order valence-electron chi connectivity index (χ4n) is 2.15. The van der Waals surface area contributed by atoms with Crippen LogP contribution in [0.2, 0.25) is 5.02 Å². The zero-order chi connectivity index (χ0) is 16.3. The Hall–Kier alpha value is -2.14. The molecule has 1 aromatic heterocycles. The van der Waals surface area contributed by atoms with Crippen molar-refractivity contribution in [3.63, 3.8) is 0 Å². The van der Waals surface area contributed by atoms with Crippen LogP contribution < -0.4 is 5.56 Å². The smallest absolute Gasteiger partial charge is 0.345 e. The number of nitrogens with zero attached hydrogens (tertiary/aromatic N) is 1. The SMILES string of the molecule is CCOC(=O)c1c(Cl)cc(CC)n(-c2ccc(F)cc2)c1=O. The largest absolute Gasteiger partial charge is 0.462 e. The lowest BCUT2D eigenvalue weighted by Gasteiger charge is -2.14. The average molecular weight is 324 g/mol. The molecule has 0 fully saturated rings. The molecule has 4 nitrogen and oxygen atoms in total. The summed E-state index contributed by atoms with van der Waals surface area (Å²) in [6.07, 6.45) is 0.523. The summed E-state index contributed by atoms with van der Waals surface area (Å²) in [5.41, 5.74) is 0.291. The summed E-state index contributed by atoms with van der Waals surface area (Å²) in [5, 5.41) is 0.0543. The molecule has 0 saturated carbocycles. The van der Waals surface area contributed by atoms with Crippen molar-refractivity contribution < 1.29 is 13.9 Å². The van der Waals surface area contributed by atoms with Gasteiger partial charge in [0, 0.05) is 11.4 Å². The normalized spacial score (nSPS) is 10.5. The molecule has 0 saturated heterocycles. The number of ether oxygens (including phenoxy) is 1. The summed E-state index contributed by atoms with van der Waals surface area (Å²) in [6.45, 7) is 3.64. The first-order valence-corrected chi connectivity index (χ1v) is 7.24. The number of aromatic nitrogens is 1. The van der Waals surface area contributed by atoms with Crippen LogP contribution in [0.1, 0.15) is 29.9 Å². The van der Waals surface area contributed by atoms with E-state index >= 15 is 0 Å². The molecule has 0 radical (unpaired) electrons. The number of rotatable bonds is 4. The van der Waals surface area contributed by atoms with Crippen LogP contribution in [0, 0.1) is 5.82 Å². The van der Waals surface area contributed by atoms with Crippen molar-refractivity contribution in [1.29, 1.82) is 0 Å². The molecule has 6 heteroatoms. The molecular formula is C16H15ClFNO3. The van der Waals surface area contributed by atoms with E-state index in [-0.39, 0.29) is 17.2 Å². The number of aryl methyl sites for hydroxylation is 1. The third kappa shape index (κ3) is 3.04. The van der Waals surface area contributed by atoms with Crippen LogP contribution in [-0.2, 0) is 11.2 Å². The molecule has 0 N–H and O–H groups in total. The molecule has 0 unspecified atom stereocenters. The standard InChI is InChI=1S/C16H15ClFNO3/c1-3-11-9-13(17)14(16(21)22-4-2)15(20)19(11)12-7-5-10(18)6-8-12/h5-9H,3-4H2,1-2H3. The maximum absolute atomic E-state index is 13.1. The van der Waals surface area contributed by atoms with Gasteiger partial charge in [0.25, 0.3) is 5.56 Å². The van der Waals surface area contributed by atoms with Gasteiger partial charge in [-0.1, -0.05) is 18.5 Å². The third-order valence-corrected chi connectivity index (χ3v) is 3.46. The minimum absolute atomic E-state index is 0.0543. The van der Waals surface area contributed by atoms with Gasteiger partial charge in [0.1, 0.15) is 11.4 Å². The molecule has 0 bridgehead atoms. The molecule has 0 aliphatic carbocycles. The van der Waals surface area contributed by atoms with E-state index in [0.717, 1.165) is 0 Å². The average Bonchev–Trinajstić information content (AvgIpc) is 2.48. The molecule has 22 heavy (non-hydrogen) atoms. The van der Waals surface area contributed by atoms with E-state index in [0.29, 0.717) is 17.8 Å². The van der Waals surface area contributed by atoms with Crippen molar-refractivity contribution in [3.8, 4) is 5.69 Å². The minimum Gasteiger partial charge on any atom is -0.462 e. The van der Waals surface area contributed by atoms with E-state index in [4.69, 9.17) is 16.3 Å². The Bertz CT molecular complexity index is 753. The maximum atomic E-state index is 13.1. The Morgan fingerprint density at radius 2 is 1.91 bits per heavy atom. The van der Waals surface area contributed by atoms with Gasteiger partial charge in [-0.05, 0) is 43.7 Å². The van der Waals surface area contributed by atoms with Crippen molar-refractivity contribution in [1.82, 2.24) is 4.57 Å². The number of benzene rings is 1. The Balaban J connectivity index is 2.71. The monoisotopic (exact) mass is 323 g/mol. The van der Waals surface area contributed by atoms with E-state index < -0.39 is 17.3 Å². The van der Waals surface area contributed by atoms with Gasteiger partial charge in [0.15, 0.2) is 0 Å². The molecule has 0 amide bonds. The maximum Gasteiger partial charge on any atom is 0.345 e. The van der Waals surface area contributed by atoms with Crippen molar-refractivity contribution in [2.75, 3.05) is 6.61 Å². The Morgan fingerprint density at radius 1 is 1.27 bits per heavy atom. The third-order valence-electron chi connectivity index (χ3n) is 3.16. The summed E-state index contributed by atoms with van der Waals surface area (Å²) in [4.78, 5) is 24.6. The fraction of sp³-hybridized carbons (Fsp3) is 0.250. The van der Waals surface area contributed by atoms with Crippen LogP contribution in [-0.4, -0.2) is 17.1 Å². The van der Waals surface area contributed by atoms with E-state index in [1.165, 1.54) is 28.8 Å². The van der Waals surface area contributed by atoms with Crippen molar-refractivity contribution in [3.05, 3.63) is 62.8 Å². The molecule has 1 aromatic carbocycles. The van der Waals surface area contributed by atoms with Gasteiger partial charge in [-0.3, -0.25) is 9.36 Å². The van der Waals surface area contributed by atoms with Gasteiger partial charge in [-0.2, -0.15) is 0 Å². The Kier molecular flexibility index (Phi) is 4.98. The van der Waals surface area contributed by atoms with Gasteiger partial charge in [0.05, 0.1) is 11.6 Å². The van der Waals surface area contributed by atoms with Crippen LogP contribution in [0.5, 0.6) is 0 Å². The molecule has 116 valence electrons. The van der Waals surface area contributed by atoms with Crippen LogP contribution >= 0.6 is 11.6 Å². The van der Waals surface area contributed by atoms with Gasteiger partial charge in [0.2, 0.25) is 0 Å². The summed E-state index contributed by atoms with van der Waals surface area (Å²) >= 11 is 6.05. The van der Waals surface area contributed by atoms with Crippen molar-refractivity contribution in [2.45, 2.75) is 20.3 Å². The first kappa shape index (κ1) is 16.2. The topological polar surface area (TPSA) is 48.3 Å². The first-order chi connectivity index (χ1) is 10.5. The highest BCUT2D eigenvalue weighted by Gasteiger charge is 2.21. The van der Waals surface area contributed by atoms with Crippen LogP contribution in [0.3, 0.4) is 0 Å². The number of hydrogen-bond acceptors (Lipinski definition) is 3. The summed E-state index contributed by atoms with van der Waals surface area (Å²) < 4.78 is 19.3. The second-order valence-corrected chi connectivity index (χ2v) is 4.96. The molecule has 0 atom stereocenters. The number of hydrogen-bond donors (Lipinski definition) is 0. The number of carbonyl (C=O) groups is 1. The predicted molar refractivity (Wildman–Crippen MR) is 82.3 cm³/mol. The number of carbonyl (C=O) groups excluding carboxylic acids is 1. The van der Waals surface area contributed by atoms with Gasteiger partial charge in [-0.15, -0.1) is 0 Å². The molecule has 0 aliphatic heterocycles. The van der Waals surface area contributed by atoms with Crippen molar-refractivity contribution >= 4 is 17.6 Å². The molecule has 2 rings (SSSR count). The van der Waals surface area contributed by atoms with Crippen LogP contribution in [0.15, 0.2) is 35.1 Å². The summed E-state index contributed by atoms with van der Waals surface area (Å²) in [5.74, 6) is -1.18. The molecule has 0 spiro atoms. The number of halogens is 2. The molecule has 2 aromatic rings. The van der Waals surface area contributed by atoms with Gasteiger partial charge < -0.3 is 4.74 Å². The van der Waals surface area contributed by atoms with E-state index in [1.54, 1.807) is 13.0 Å². The van der Waals surface area contributed by atoms with E-state index in [1.807, 2.05) is 6.92 Å². The quantitative estimate of drug-likeness (QED) is 0.811. The number of pyridine rings is 1. The highest BCUT2D eigenvalue weighted by atomic mass is 35.5. The highest BCUT2D eigenvalue weighted by Crippen LogP contribution is 2.19. The second kappa shape index (κ2) is 6.75. The highest BCUT2D eigenvalue weighted by molar-refractivity contribution is 6.33. The van der Waals surface area contributed by atoms with Crippen LogP contribution in [0.4, 0.5) is 4.39 Å². The second-order valence-electron chi connectivity index (χ2n) is 4.55. The predicted octanol–water partition coefficient (Wildman–Crippen LogP) is 3.37. The zero-order valence-electron chi connectivity index (χ0n) is 12.2. The lowest BCUT2D eigenvalue weighted by Crippen LogP contribution is -2.29. The van der Waals surface area contributed by atoms with Gasteiger partial charge >= 0.3 is 5.97 Å². The van der Waals surface area contributed by atoms with E-state index in [2.05, 4.69) is 0 Å². The summed E-state index contributed by atoms with van der Waals surface area (Å²) in [7, 11) is 0. The first-order valence-electron chi connectivity index (χ1n) is 6.87. The molecule has 1 heterocycles. The number of esters is 1. The lowest BCUT2D eigenvalue weighted by atomic mass is 10.2. The minimum atomic E-state index is -0.768. The van der Waals surface area contributed by atoms with Crippen molar-refractivity contribution in [2.24, 2.45) is 0 Å². The Labute approximate surface area is 132 Å². The Morgan fingerprint density at radius 3 is 2.45 bits per heavy atom.